The van der Waals surface area contributed by atoms with Gasteiger partial charge in [-0.2, -0.15) is 5.26 Å². The Morgan fingerprint density at radius 1 is 1.21 bits per heavy atom. The highest BCUT2D eigenvalue weighted by Gasteiger charge is 2.24. The molecule has 0 radical (unpaired) electrons. The van der Waals surface area contributed by atoms with E-state index in [1.165, 1.54) is 12.8 Å². The zero-order chi connectivity index (χ0) is 16.4. The molecule has 2 aromatic rings. The molecule has 0 bridgehead atoms. The Kier molecular flexibility index (Phi) is 4.33. The molecule has 2 fully saturated rings. The van der Waals surface area contributed by atoms with Gasteiger partial charge in [-0.25, -0.2) is 4.98 Å². The average molecular weight is 322 g/mol. The van der Waals surface area contributed by atoms with Gasteiger partial charge in [-0.05, 0) is 25.0 Å². The second kappa shape index (κ2) is 6.76. The van der Waals surface area contributed by atoms with E-state index in [0.29, 0.717) is 11.8 Å². The minimum absolute atomic E-state index is 0.420. The van der Waals surface area contributed by atoms with E-state index in [1.54, 1.807) is 0 Å². The molecule has 5 heteroatoms. The maximum absolute atomic E-state index is 9.27. The van der Waals surface area contributed by atoms with Gasteiger partial charge in [-0.1, -0.05) is 18.2 Å². The van der Waals surface area contributed by atoms with Crippen LogP contribution in [0.3, 0.4) is 0 Å². The van der Waals surface area contributed by atoms with Crippen molar-refractivity contribution in [3.63, 3.8) is 0 Å². The van der Waals surface area contributed by atoms with Crippen molar-refractivity contribution in [1.29, 1.82) is 5.26 Å². The third kappa shape index (κ3) is 3.08. The molecule has 0 amide bonds. The minimum Gasteiger partial charge on any atom is -0.377 e. The largest absolute Gasteiger partial charge is 0.377 e. The van der Waals surface area contributed by atoms with Crippen molar-refractivity contribution >= 4 is 16.6 Å². The number of anilines is 1. The van der Waals surface area contributed by atoms with Gasteiger partial charge in [0.05, 0.1) is 11.6 Å². The number of nitrogens with zero attached hydrogens (tertiary/aromatic N) is 4. The molecular formula is C19H22N4O. The molecule has 1 atom stereocenters. The van der Waals surface area contributed by atoms with Gasteiger partial charge in [-0.3, -0.25) is 4.90 Å². The van der Waals surface area contributed by atoms with Gasteiger partial charge in [0, 0.05) is 50.4 Å². The second-order valence-electron chi connectivity index (χ2n) is 6.58. The summed E-state index contributed by atoms with van der Waals surface area (Å²) < 4.78 is 5.76. The van der Waals surface area contributed by atoms with Crippen molar-refractivity contribution in [1.82, 2.24) is 9.88 Å². The van der Waals surface area contributed by atoms with Crippen LogP contribution in [0.15, 0.2) is 30.3 Å². The SMILES string of the molecule is N#Cc1cc(N2CCN(C[C@@H]3CCCO3)CC2)c2ccccc2n1. The maximum Gasteiger partial charge on any atom is 0.143 e. The van der Waals surface area contributed by atoms with Gasteiger partial charge >= 0.3 is 0 Å². The average Bonchev–Trinajstić information content (AvgIpc) is 3.14. The van der Waals surface area contributed by atoms with E-state index < -0.39 is 0 Å². The zero-order valence-corrected chi connectivity index (χ0v) is 13.8. The van der Waals surface area contributed by atoms with Gasteiger partial charge in [0.15, 0.2) is 0 Å². The van der Waals surface area contributed by atoms with Crippen LogP contribution < -0.4 is 4.90 Å². The lowest BCUT2D eigenvalue weighted by atomic mass is 10.1. The van der Waals surface area contributed by atoms with Gasteiger partial charge < -0.3 is 9.64 Å². The van der Waals surface area contributed by atoms with E-state index >= 15 is 0 Å². The zero-order valence-electron chi connectivity index (χ0n) is 13.8. The fraction of sp³-hybridized carbons (Fsp3) is 0.474. The molecule has 2 aliphatic heterocycles. The van der Waals surface area contributed by atoms with Crippen molar-refractivity contribution in [2.75, 3.05) is 44.2 Å². The Bertz CT molecular complexity index is 756. The second-order valence-corrected chi connectivity index (χ2v) is 6.58. The van der Waals surface area contributed by atoms with Crippen LogP contribution in [0.4, 0.5) is 5.69 Å². The summed E-state index contributed by atoms with van der Waals surface area (Å²) in [7, 11) is 0. The van der Waals surface area contributed by atoms with Crippen LogP contribution in [0.1, 0.15) is 18.5 Å². The molecule has 0 N–H and O–H groups in total. The third-order valence-electron chi connectivity index (χ3n) is 5.01. The molecule has 24 heavy (non-hydrogen) atoms. The number of piperazine rings is 1. The summed E-state index contributed by atoms with van der Waals surface area (Å²) in [5.41, 5.74) is 2.52. The lowest BCUT2D eigenvalue weighted by Crippen LogP contribution is -2.48. The van der Waals surface area contributed by atoms with Gasteiger partial charge in [-0.15, -0.1) is 0 Å². The number of para-hydroxylation sites is 1. The number of hydrogen-bond acceptors (Lipinski definition) is 5. The highest BCUT2D eigenvalue weighted by molar-refractivity contribution is 5.92. The molecule has 0 spiro atoms. The van der Waals surface area contributed by atoms with Crippen molar-refractivity contribution in [3.05, 3.63) is 36.0 Å². The fourth-order valence-electron chi connectivity index (χ4n) is 3.72. The highest BCUT2D eigenvalue weighted by Crippen LogP contribution is 2.27. The molecule has 4 rings (SSSR count). The molecule has 2 saturated heterocycles. The number of hydrogen-bond donors (Lipinski definition) is 0. The molecule has 5 nitrogen and oxygen atoms in total. The monoisotopic (exact) mass is 322 g/mol. The number of fused-ring (bicyclic) bond motifs is 1. The number of ether oxygens (including phenoxy) is 1. The number of rotatable bonds is 3. The van der Waals surface area contributed by atoms with Crippen LogP contribution in [0, 0.1) is 11.3 Å². The van der Waals surface area contributed by atoms with E-state index in [9.17, 15) is 5.26 Å². The predicted octanol–water partition coefficient (Wildman–Crippen LogP) is 2.41. The molecule has 1 aromatic carbocycles. The Balaban J connectivity index is 1.51. The van der Waals surface area contributed by atoms with Gasteiger partial charge in [0.1, 0.15) is 11.8 Å². The summed E-state index contributed by atoms with van der Waals surface area (Å²) in [6.07, 6.45) is 2.81. The first kappa shape index (κ1) is 15.4. The van der Waals surface area contributed by atoms with E-state index in [2.05, 4.69) is 26.9 Å². The molecule has 1 aromatic heterocycles. The van der Waals surface area contributed by atoms with Crippen molar-refractivity contribution in [3.8, 4) is 6.07 Å². The summed E-state index contributed by atoms with van der Waals surface area (Å²) in [6.45, 7) is 6.01. The van der Waals surface area contributed by atoms with Gasteiger partial charge in [0.2, 0.25) is 0 Å². The quantitative estimate of drug-likeness (QED) is 0.868. The smallest absolute Gasteiger partial charge is 0.143 e. The van der Waals surface area contributed by atoms with Crippen LogP contribution in [-0.4, -0.2) is 55.3 Å². The third-order valence-corrected chi connectivity index (χ3v) is 5.01. The summed E-state index contributed by atoms with van der Waals surface area (Å²) in [5, 5.41) is 10.4. The summed E-state index contributed by atoms with van der Waals surface area (Å²) in [6, 6.07) is 12.2. The van der Waals surface area contributed by atoms with Crippen LogP contribution in [0.2, 0.25) is 0 Å². The number of aromatic nitrogens is 1. The van der Waals surface area contributed by atoms with Crippen LogP contribution >= 0.6 is 0 Å². The van der Waals surface area contributed by atoms with Crippen molar-refractivity contribution in [2.24, 2.45) is 0 Å². The van der Waals surface area contributed by atoms with Gasteiger partial charge in [0.25, 0.3) is 0 Å². The Morgan fingerprint density at radius 3 is 2.79 bits per heavy atom. The number of pyridine rings is 1. The summed E-state index contributed by atoms with van der Waals surface area (Å²) in [5.74, 6) is 0. The molecule has 124 valence electrons. The summed E-state index contributed by atoms with van der Waals surface area (Å²) >= 11 is 0. The highest BCUT2D eigenvalue weighted by atomic mass is 16.5. The lowest BCUT2D eigenvalue weighted by molar-refractivity contribution is 0.0713. The molecule has 0 unspecified atom stereocenters. The molecule has 2 aliphatic rings. The Hall–Kier alpha value is -2.16. The lowest BCUT2D eigenvalue weighted by Gasteiger charge is -2.37. The summed E-state index contributed by atoms with van der Waals surface area (Å²) in [4.78, 5) is 9.30. The van der Waals surface area contributed by atoms with Crippen molar-refractivity contribution < 1.29 is 4.74 Å². The van der Waals surface area contributed by atoms with Crippen LogP contribution in [-0.2, 0) is 4.74 Å². The Labute approximate surface area is 142 Å². The predicted molar refractivity (Wildman–Crippen MR) is 94.1 cm³/mol. The normalized spacial score (nSPS) is 22.0. The molecule has 0 saturated carbocycles. The molecule has 0 aliphatic carbocycles. The van der Waals surface area contributed by atoms with E-state index in [0.717, 1.165) is 55.9 Å². The first-order valence-electron chi connectivity index (χ1n) is 8.72. The number of nitriles is 1. The first-order valence-corrected chi connectivity index (χ1v) is 8.72. The standard InChI is InChI=1S/C19H22N4O/c20-13-15-12-19(17-5-1-2-6-18(17)21-15)23-9-7-22(8-10-23)14-16-4-3-11-24-16/h1-2,5-6,12,16H,3-4,7-11,14H2/t16-/m0/s1. The minimum atomic E-state index is 0.420. The molecular weight excluding hydrogens is 300 g/mol. The topological polar surface area (TPSA) is 52.4 Å². The fourth-order valence-corrected chi connectivity index (χ4v) is 3.72. The van der Waals surface area contributed by atoms with Crippen LogP contribution in [0.25, 0.3) is 10.9 Å². The Morgan fingerprint density at radius 2 is 2.04 bits per heavy atom. The van der Waals surface area contributed by atoms with E-state index in [1.807, 2.05) is 24.3 Å². The molecule has 3 heterocycles. The van der Waals surface area contributed by atoms with Crippen molar-refractivity contribution in [2.45, 2.75) is 18.9 Å². The number of benzene rings is 1. The maximum atomic E-state index is 9.27. The van der Waals surface area contributed by atoms with E-state index in [4.69, 9.17) is 4.74 Å². The van der Waals surface area contributed by atoms with Crippen LogP contribution in [0.5, 0.6) is 0 Å². The first-order chi connectivity index (χ1) is 11.8. The van der Waals surface area contributed by atoms with E-state index in [-0.39, 0.29) is 0 Å².